The van der Waals surface area contributed by atoms with E-state index in [2.05, 4.69) is 10.2 Å². The molecule has 0 aliphatic carbocycles. The Bertz CT molecular complexity index is 695. The fourth-order valence-corrected chi connectivity index (χ4v) is 1.94. The van der Waals surface area contributed by atoms with Gasteiger partial charge in [-0.3, -0.25) is 14.5 Å². The summed E-state index contributed by atoms with van der Waals surface area (Å²) < 4.78 is 18.2. The number of imide groups is 1. The lowest BCUT2D eigenvalue weighted by Crippen LogP contribution is -2.29. The quantitative estimate of drug-likeness (QED) is 0.762. The van der Waals surface area contributed by atoms with Gasteiger partial charge in [-0.25, -0.2) is 4.39 Å². The van der Waals surface area contributed by atoms with Gasteiger partial charge in [-0.15, -0.1) is 10.2 Å². The lowest BCUT2D eigenvalue weighted by atomic mass is 10.1. The van der Waals surface area contributed by atoms with Gasteiger partial charge >= 0.3 is 0 Å². The summed E-state index contributed by atoms with van der Waals surface area (Å²) in [5, 5.41) is 7.34. The van der Waals surface area contributed by atoms with Gasteiger partial charge in [0.15, 0.2) is 0 Å². The largest absolute Gasteiger partial charge is 0.424 e. The Morgan fingerprint density at radius 3 is 2.63 bits per heavy atom. The smallest absolute Gasteiger partial charge is 0.262 e. The van der Waals surface area contributed by atoms with E-state index < -0.39 is 17.6 Å². The molecule has 1 aliphatic heterocycles. The Kier molecular flexibility index (Phi) is 2.41. The van der Waals surface area contributed by atoms with Crippen molar-refractivity contribution in [3.8, 4) is 0 Å². The number of aromatic nitrogens is 2. The second kappa shape index (κ2) is 3.98. The van der Waals surface area contributed by atoms with Crippen molar-refractivity contribution in [2.45, 2.75) is 13.5 Å². The average molecular weight is 261 g/mol. The minimum atomic E-state index is -0.560. The molecule has 96 valence electrons. The normalized spacial score (nSPS) is 14.1. The first-order chi connectivity index (χ1) is 9.06. The Morgan fingerprint density at radius 1 is 1.21 bits per heavy atom. The van der Waals surface area contributed by atoms with Gasteiger partial charge < -0.3 is 4.42 Å². The molecule has 1 aliphatic rings. The number of halogens is 1. The molecule has 0 unspecified atom stereocenters. The number of nitrogens with zero attached hydrogens (tertiary/aromatic N) is 3. The molecule has 1 aromatic carbocycles. The number of rotatable bonds is 2. The Labute approximate surface area is 106 Å². The number of amides is 2. The van der Waals surface area contributed by atoms with E-state index in [0.29, 0.717) is 5.89 Å². The average Bonchev–Trinajstić information content (AvgIpc) is 2.88. The third kappa shape index (κ3) is 1.79. The van der Waals surface area contributed by atoms with E-state index >= 15 is 0 Å². The molecule has 3 rings (SSSR count). The van der Waals surface area contributed by atoms with Crippen molar-refractivity contribution in [2.75, 3.05) is 0 Å². The summed E-state index contributed by atoms with van der Waals surface area (Å²) in [5.74, 6) is -1.10. The number of carbonyl (C=O) groups is 2. The number of fused-ring (bicyclic) bond motifs is 1. The summed E-state index contributed by atoms with van der Waals surface area (Å²) >= 11 is 0. The summed E-state index contributed by atoms with van der Waals surface area (Å²) in [6.45, 7) is 1.49. The van der Waals surface area contributed by atoms with Gasteiger partial charge in [0.2, 0.25) is 11.8 Å². The Hall–Kier alpha value is -2.57. The fraction of sp³-hybridized carbons (Fsp3) is 0.167. The number of benzene rings is 1. The minimum Gasteiger partial charge on any atom is -0.424 e. The highest BCUT2D eigenvalue weighted by Gasteiger charge is 2.36. The Morgan fingerprint density at radius 2 is 1.95 bits per heavy atom. The standard InChI is InChI=1S/C12H8FN3O3/c1-6-14-15-10(19-6)5-16-11(17)8-3-2-7(13)4-9(8)12(16)18/h2-4H,5H2,1H3. The molecule has 19 heavy (non-hydrogen) atoms. The highest BCUT2D eigenvalue weighted by molar-refractivity contribution is 6.21. The fourth-order valence-electron chi connectivity index (χ4n) is 1.94. The first-order valence-electron chi connectivity index (χ1n) is 5.51. The molecule has 0 N–H and O–H groups in total. The van der Waals surface area contributed by atoms with E-state index in [1.165, 1.54) is 6.07 Å². The highest BCUT2D eigenvalue weighted by atomic mass is 19.1. The third-order valence-corrected chi connectivity index (χ3v) is 2.79. The van der Waals surface area contributed by atoms with E-state index in [1.807, 2.05) is 0 Å². The van der Waals surface area contributed by atoms with Crippen LogP contribution in [-0.4, -0.2) is 26.9 Å². The number of hydrogen-bond acceptors (Lipinski definition) is 5. The highest BCUT2D eigenvalue weighted by Crippen LogP contribution is 2.24. The number of carbonyl (C=O) groups excluding carboxylic acids is 2. The number of aryl methyl sites for hydroxylation is 1. The molecule has 6 nitrogen and oxygen atoms in total. The van der Waals surface area contributed by atoms with E-state index in [-0.39, 0.29) is 23.6 Å². The van der Waals surface area contributed by atoms with Gasteiger partial charge in [0.05, 0.1) is 11.1 Å². The van der Waals surface area contributed by atoms with E-state index in [1.54, 1.807) is 6.92 Å². The van der Waals surface area contributed by atoms with Crippen LogP contribution in [0.2, 0.25) is 0 Å². The van der Waals surface area contributed by atoms with Crippen molar-refractivity contribution in [1.29, 1.82) is 0 Å². The van der Waals surface area contributed by atoms with E-state index in [4.69, 9.17) is 4.42 Å². The van der Waals surface area contributed by atoms with Crippen LogP contribution in [0.4, 0.5) is 4.39 Å². The lowest BCUT2D eigenvalue weighted by Gasteiger charge is -2.10. The first-order valence-corrected chi connectivity index (χ1v) is 5.51. The maximum Gasteiger partial charge on any atom is 0.262 e. The molecule has 0 spiro atoms. The summed E-state index contributed by atoms with van der Waals surface area (Å²) in [5.41, 5.74) is 0.240. The van der Waals surface area contributed by atoms with Crippen LogP contribution in [0, 0.1) is 12.7 Å². The summed E-state index contributed by atoms with van der Waals surface area (Å²) in [6, 6.07) is 3.49. The maximum atomic E-state index is 13.1. The van der Waals surface area contributed by atoms with E-state index in [9.17, 15) is 14.0 Å². The molecule has 2 aromatic rings. The molecule has 0 saturated heterocycles. The predicted molar refractivity (Wildman–Crippen MR) is 59.6 cm³/mol. The zero-order chi connectivity index (χ0) is 13.6. The van der Waals surface area contributed by atoms with E-state index in [0.717, 1.165) is 17.0 Å². The molecule has 2 heterocycles. The van der Waals surface area contributed by atoms with Crippen molar-refractivity contribution in [3.63, 3.8) is 0 Å². The SMILES string of the molecule is Cc1nnc(CN2C(=O)c3ccc(F)cc3C2=O)o1. The molecule has 2 amide bonds. The van der Waals surface area contributed by atoms with Crippen LogP contribution < -0.4 is 0 Å². The van der Waals surface area contributed by atoms with Crippen LogP contribution in [0.5, 0.6) is 0 Å². The van der Waals surface area contributed by atoms with Gasteiger partial charge in [-0.2, -0.15) is 0 Å². The predicted octanol–water partition coefficient (Wildman–Crippen LogP) is 1.31. The lowest BCUT2D eigenvalue weighted by molar-refractivity contribution is 0.0628. The van der Waals surface area contributed by atoms with Gasteiger partial charge in [0.25, 0.3) is 11.8 Å². The second-order valence-electron chi connectivity index (χ2n) is 4.10. The molecular weight excluding hydrogens is 253 g/mol. The van der Waals surface area contributed by atoms with Crippen molar-refractivity contribution in [3.05, 3.63) is 46.9 Å². The first kappa shape index (κ1) is 11.5. The van der Waals surface area contributed by atoms with Crippen molar-refractivity contribution < 1.29 is 18.4 Å². The zero-order valence-corrected chi connectivity index (χ0v) is 9.88. The van der Waals surface area contributed by atoms with Crippen LogP contribution in [0.1, 0.15) is 32.5 Å². The minimum absolute atomic E-state index is 0.0567. The van der Waals surface area contributed by atoms with Crippen LogP contribution >= 0.6 is 0 Å². The third-order valence-electron chi connectivity index (χ3n) is 2.79. The van der Waals surface area contributed by atoms with Crippen molar-refractivity contribution in [2.24, 2.45) is 0 Å². The molecule has 0 bridgehead atoms. The zero-order valence-electron chi connectivity index (χ0n) is 9.88. The molecule has 1 aromatic heterocycles. The van der Waals surface area contributed by atoms with Crippen molar-refractivity contribution in [1.82, 2.24) is 15.1 Å². The second-order valence-corrected chi connectivity index (χ2v) is 4.10. The van der Waals surface area contributed by atoms with Gasteiger partial charge in [0.1, 0.15) is 12.4 Å². The van der Waals surface area contributed by atoms with Crippen LogP contribution in [0.25, 0.3) is 0 Å². The van der Waals surface area contributed by atoms with Gasteiger partial charge in [-0.05, 0) is 18.2 Å². The van der Waals surface area contributed by atoms with Crippen LogP contribution in [0.15, 0.2) is 22.6 Å². The molecule has 7 heteroatoms. The summed E-state index contributed by atoms with van der Waals surface area (Å²) in [6.07, 6.45) is 0. The summed E-state index contributed by atoms with van der Waals surface area (Å²) in [4.78, 5) is 25.0. The van der Waals surface area contributed by atoms with Crippen molar-refractivity contribution >= 4 is 11.8 Å². The van der Waals surface area contributed by atoms with Gasteiger partial charge in [-0.1, -0.05) is 0 Å². The maximum absolute atomic E-state index is 13.1. The van der Waals surface area contributed by atoms with Gasteiger partial charge in [0, 0.05) is 6.92 Å². The molecular formula is C12H8FN3O3. The summed E-state index contributed by atoms with van der Waals surface area (Å²) in [7, 11) is 0. The monoisotopic (exact) mass is 261 g/mol. The van der Waals surface area contributed by atoms with Crippen LogP contribution in [0.3, 0.4) is 0 Å². The molecule has 0 saturated carbocycles. The topological polar surface area (TPSA) is 76.3 Å². The Balaban J connectivity index is 1.94. The van der Waals surface area contributed by atoms with Crippen LogP contribution in [-0.2, 0) is 6.54 Å². The molecule has 0 radical (unpaired) electrons. The molecule has 0 atom stereocenters. The number of hydrogen-bond donors (Lipinski definition) is 0. The molecule has 0 fully saturated rings.